The molecule has 5 nitrogen and oxygen atoms in total. The number of rotatable bonds is 2. The zero-order valence-corrected chi connectivity index (χ0v) is 11.3. The van der Waals surface area contributed by atoms with Crippen LogP contribution in [0.3, 0.4) is 0 Å². The smallest absolute Gasteiger partial charge is 0.248 e. The summed E-state index contributed by atoms with van der Waals surface area (Å²) in [4.78, 5) is 14.2. The van der Waals surface area contributed by atoms with Gasteiger partial charge in [0.05, 0.1) is 11.3 Å². The van der Waals surface area contributed by atoms with Crippen LogP contribution in [0.4, 0.5) is 10.2 Å². The maximum absolute atomic E-state index is 13.1. The molecule has 0 amide bonds. The van der Waals surface area contributed by atoms with Crippen LogP contribution in [0.1, 0.15) is 0 Å². The summed E-state index contributed by atoms with van der Waals surface area (Å²) >= 11 is 0. The molecule has 0 aliphatic rings. The second-order valence-electron chi connectivity index (χ2n) is 4.67. The standard InChI is InChI=1S/C15H13FN4O/c1-20-15(17)13(9-5-7-10(16)8-6-9)14(19-20)11-3-2-4-12(21)18-11/h2-8H,17H2,1H3,(H,18,21). The number of nitrogens with one attached hydrogen (secondary N) is 1. The molecule has 1 aromatic carbocycles. The van der Waals surface area contributed by atoms with Gasteiger partial charge in [-0.2, -0.15) is 5.10 Å². The first-order valence-corrected chi connectivity index (χ1v) is 6.34. The van der Waals surface area contributed by atoms with Crippen LogP contribution >= 0.6 is 0 Å². The predicted octanol–water partition coefficient (Wildman–Crippen LogP) is 2.16. The van der Waals surface area contributed by atoms with Gasteiger partial charge in [0.25, 0.3) is 0 Å². The first-order chi connectivity index (χ1) is 10.1. The summed E-state index contributed by atoms with van der Waals surface area (Å²) in [6.07, 6.45) is 0. The van der Waals surface area contributed by atoms with E-state index in [1.165, 1.54) is 22.9 Å². The zero-order chi connectivity index (χ0) is 15.0. The van der Waals surface area contributed by atoms with Crippen LogP contribution in [0, 0.1) is 5.82 Å². The number of benzene rings is 1. The molecule has 0 bridgehead atoms. The molecule has 3 N–H and O–H groups in total. The van der Waals surface area contributed by atoms with Crippen molar-refractivity contribution in [3.63, 3.8) is 0 Å². The predicted molar refractivity (Wildman–Crippen MR) is 79.1 cm³/mol. The molecule has 0 aliphatic carbocycles. The van der Waals surface area contributed by atoms with Crippen LogP contribution in [0.5, 0.6) is 0 Å². The van der Waals surface area contributed by atoms with Gasteiger partial charge >= 0.3 is 0 Å². The van der Waals surface area contributed by atoms with E-state index in [0.717, 1.165) is 5.56 Å². The van der Waals surface area contributed by atoms with Crippen molar-refractivity contribution in [1.82, 2.24) is 14.8 Å². The van der Waals surface area contributed by atoms with Crippen molar-refractivity contribution >= 4 is 5.82 Å². The number of aromatic nitrogens is 3. The van der Waals surface area contributed by atoms with E-state index in [2.05, 4.69) is 10.1 Å². The van der Waals surface area contributed by atoms with E-state index in [-0.39, 0.29) is 11.4 Å². The molecule has 2 aromatic heterocycles. The normalized spacial score (nSPS) is 10.8. The van der Waals surface area contributed by atoms with Gasteiger partial charge in [-0.05, 0) is 23.8 Å². The number of hydrogen-bond donors (Lipinski definition) is 2. The summed E-state index contributed by atoms with van der Waals surface area (Å²) in [5, 5.41) is 4.35. The maximum atomic E-state index is 13.1. The van der Waals surface area contributed by atoms with Crippen molar-refractivity contribution in [3.05, 3.63) is 58.6 Å². The Morgan fingerprint density at radius 1 is 1.19 bits per heavy atom. The molecule has 0 unspecified atom stereocenters. The molecular formula is C15H13FN4O. The fraction of sp³-hybridized carbons (Fsp3) is 0.0667. The summed E-state index contributed by atoms with van der Waals surface area (Å²) in [7, 11) is 1.72. The van der Waals surface area contributed by atoms with Crippen LogP contribution < -0.4 is 11.3 Å². The largest absolute Gasteiger partial charge is 0.383 e. The van der Waals surface area contributed by atoms with Crippen molar-refractivity contribution in [2.24, 2.45) is 7.05 Å². The minimum Gasteiger partial charge on any atom is -0.383 e. The topological polar surface area (TPSA) is 76.7 Å². The Kier molecular flexibility index (Phi) is 3.06. The van der Waals surface area contributed by atoms with E-state index in [0.29, 0.717) is 22.8 Å². The third kappa shape index (κ3) is 2.31. The Bertz CT molecular complexity index is 849. The van der Waals surface area contributed by atoms with Gasteiger partial charge in [0.1, 0.15) is 17.3 Å². The van der Waals surface area contributed by atoms with Gasteiger partial charge < -0.3 is 10.7 Å². The summed E-state index contributed by atoms with van der Waals surface area (Å²) in [5.74, 6) is 0.122. The van der Waals surface area contributed by atoms with Gasteiger partial charge in [-0.25, -0.2) is 4.39 Å². The van der Waals surface area contributed by atoms with Crippen LogP contribution in [0.2, 0.25) is 0 Å². The van der Waals surface area contributed by atoms with Crippen molar-refractivity contribution in [2.45, 2.75) is 0 Å². The monoisotopic (exact) mass is 284 g/mol. The second kappa shape index (κ2) is 4.90. The lowest BCUT2D eigenvalue weighted by Crippen LogP contribution is -2.04. The van der Waals surface area contributed by atoms with Crippen LogP contribution in [-0.2, 0) is 7.05 Å². The molecule has 0 aliphatic heterocycles. The number of pyridine rings is 1. The fourth-order valence-electron chi connectivity index (χ4n) is 2.21. The summed E-state index contributed by atoms with van der Waals surface area (Å²) in [6, 6.07) is 10.8. The number of nitrogens with two attached hydrogens (primary N) is 1. The second-order valence-corrected chi connectivity index (χ2v) is 4.67. The summed E-state index contributed by atoms with van der Waals surface area (Å²) in [5.41, 5.74) is 8.37. The molecular weight excluding hydrogens is 271 g/mol. The van der Waals surface area contributed by atoms with Gasteiger partial charge in [0, 0.05) is 13.1 Å². The van der Waals surface area contributed by atoms with E-state index in [1.807, 2.05) is 0 Å². The number of anilines is 1. The number of nitrogen functional groups attached to an aromatic ring is 1. The highest BCUT2D eigenvalue weighted by molar-refractivity contribution is 5.86. The molecule has 3 aromatic rings. The third-order valence-corrected chi connectivity index (χ3v) is 3.25. The fourth-order valence-corrected chi connectivity index (χ4v) is 2.21. The van der Waals surface area contributed by atoms with Gasteiger partial charge in [0.2, 0.25) is 5.56 Å². The van der Waals surface area contributed by atoms with E-state index < -0.39 is 0 Å². The molecule has 106 valence electrons. The van der Waals surface area contributed by atoms with Gasteiger partial charge in [-0.15, -0.1) is 0 Å². The molecule has 0 saturated heterocycles. The molecule has 0 saturated carbocycles. The van der Waals surface area contributed by atoms with Crippen molar-refractivity contribution in [3.8, 4) is 22.5 Å². The number of H-pyrrole nitrogens is 1. The highest BCUT2D eigenvalue weighted by Gasteiger charge is 2.17. The Morgan fingerprint density at radius 2 is 1.90 bits per heavy atom. The van der Waals surface area contributed by atoms with Crippen molar-refractivity contribution in [1.29, 1.82) is 0 Å². The Balaban J connectivity index is 2.25. The average molecular weight is 284 g/mol. The molecule has 0 fully saturated rings. The van der Waals surface area contributed by atoms with E-state index in [1.54, 1.807) is 31.3 Å². The van der Waals surface area contributed by atoms with Gasteiger partial charge in [0.15, 0.2) is 0 Å². The minimum atomic E-state index is -0.323. The number of nitrogens with zero attached hydrogens (tertiary/aromatic N) is 2. The first-order valence-electron chi connectivity index (χ1n) is 6.34. The minimum absolute atomic E-state index is 0.221. The SMILES string of the molecule is Cn1nc(-c2cccc(=O)[nH]2)c(-c2ccc(F)cc2)c1N. The Morgan fingerprint density at radius 3 is 2.57 bits per heavy atom. The first kappa shape index (κ1) is 13.1. The molecule has 2 heterocycles. The third-order valence-electron chi connectivity index (χ3n) is 3.25. The van der Waals surface area contributed by atoms with Crippen LogP contribution in [0.15, 0.2) is 47.3 Å². The van der Waals surface area contributed by atoms with Crippen molar-refractivity contribution in [2.75, 3.05) is 5.73 Å². The molecule has 21 heavy (non-hydrogen) atoms. The lowest BCUT2D eigenvalue weighted by molar-refractivity contribution is 0.628. The molecule has 0 spiro atoms. The average Bonchev–Trinajstić information content (AvgIpc) is 2.76. The van der Waals surface area contributed by atoms with E-state index in [4.69, 9.17) is 5.73 Å². The van der Waals surface area contributed by atoms with E-state index in [9.17, 15) is 9.18 Å². The van der Waals surface area contributed by atoms with Gasteiger partial charge in [-0.3, -0.25) is 9.48 Å². The van der Waals surface area contributed by atoms with Gasteiger partial charge in [-0.1, -0.05) is 18.2 Å². The molecule has 0 radical (unpaired) electrons. The molecule has 6 heteroatoms. The lowest BCUT2D eigenvalue weighted by Gasteiger charge is -2.04. The summed E-state index contributed by atoms with van der Waals surface area (Å²) < 4.78 is 14.6. The number of aromatic amines is 1. The zero-order valence-electron chi connectivity index (χ0n) is 11.3. The summed E-state index contributed by atoms with van der Waals surface area (Å²) in [6.45, 7) is 0. The van der Waals surface area contributed by atoms with Crippen molar-refractivity contribution < 1.29 is 4.39 Å². The highest BCUT2D eigenvalue weighted by Crippen LogP contribution is 2.34. The number of aryl methyl sites for hydroxylation is 1. The van der Waals surface area contributed by atoms with Crippen LogP contribution in [-0.4, -0.2) is 14.8 Å². The quantitative estimate of drug-likeness (QED) is 0.757. The lowest BCUT2D eigenvalue weighted by atomic mass is 10.0. The Hall–Kier alpha value is -2.89. The van der Waals surface area contributed by atoms with Crippen LogP contribution in [0.25, 0.3) is 22.5 Å². The Labute approximate surface area is 119 Å². The molecule has 3 rings (SSSR count). The van der Waals surface area contributed by atoms with E-state index >= 15 is 0 Å². The number of hydrogen-bond acceptors (Lipinski definition) is 3. The number of halogens is 1. The highest BCUT2D eigenvalue weighted by atomic mass is 19.1. The molecule has 0 atom stereocenters. The maximum Gasteiger partial charge on any atom is 0.248 e.